The summed E-state index contributed by atoms with van der Waals surface area (Å²) in [7, 11) is 0. The summed E-state index contributed by atoms with van der Waals surface area (Å²) < 4.78 is 5.17. The number of hydrogen-bond acceptors (Lipinski definition) is 2. The van der Waals surface area contributed by atoms with Crippen LogP contribution in [0.15, 0.2) is 18.2 Å². The first kappa shape index (κ1) is 16.5. The number of benzene rings is 1. The standard InChI is InChI=1S/C17H27NO2/c1-7-16(3,4)12-9-10-14(20-15(18)19)13(11-12)17(5,6)8-2/h9-11H,7-8H2,1-6H3,(H2,18,19). The Labute approximate surface area is 122 Å². The van der Waals surface area contributed by atoms with E-state index in [-0.39, 0.29) is 10.8 Å². The predicted octanol–water partition coefficient (Wildman–Crippen LogP) is 4.52. The summed E-state index contributed by atoms with van der Waals surface area (Å²) in [6.07, 6.45) is 1.24. The zero-order valence-electron chi connectivity index (χ0n) is 13.5. The highest BCUT2D eigenvalue weighted by Crippen LogP contribution is 2.38. The summed E-state index contributed by atoms with van der Waals surface area (Å²) in [4.78, 5) is 11.1. The quantitative estimate of drug-likeness (QED) is 0.860. The number of rotatable bonds is 5. The van der Waals surface area contributed by atoms with Crippen LogP contribution in [0, 0.1) is 0 Å². The van der Waals surface area contributed by atoms with Crippen molar-refractivity contribution in [2.75, 3.05) is 0 Å². The lowest BCUT2D eigenvalue weighted by Gasteiger charge is -2.30. The highest BCUT2D eigenvalue weighted by molar-refractivity contribution is 5.69. The van der Waals surface area contributed by atoms with Crippen LogP contribution in [0.4, 0.5) is 4.79 Å². The van der Waals surface area contributed by atoms with E-state index in [0.717, 1.165) is 18.4 Å². The third-order valence-electron chi connectivity index (χ3n) is 4.47. The average molecular weight is 277 g/mol. The lowest BCUT2D eigenvalue weighted by Crippen LogP contribution is -2.23. The Bertz CT molecular complexity index is 490. The van der Waals surface area contributed by atoms with E-state index in [1.165, 1.54) is 5.56 Å². The molecule has 1 rings (SSSR count). The molecule has 3 heteroatoms. The summed E-state index contributed by atoms with van der Waals surface area (Å²) in [5.74, 6) is 0.569. The van der Waals surface area contributed by atoms with Crippen LogP contribution in [0.3, 0.4) is 0 Å². The number of carbonyl (C=O) groups is 1. The minimum absolute atomic E-state index is 0.0649. The van der Waals surface area contributed by atoms with E-state index < -0.39 is 6.09 Å². The first-order valence-electron chi connectivity index (χ1n) is 7.26. The zero-order chi connectivity index (χ0) is 15.6. The zero-order valence-corrected chi connectivity index (χ0v) is 13.5. The first-order chi connectivity index (χ1) is 9.14. The smallest absolute Gasteiger partial charge is 0.409 e. The Kier molecular flexibility index (Phi) is 4.85. The first-order valence-corrected chi connectivity index (χ1v) is 7.26. The predicted molar refractivity (Wildman–Crippen MR) is 83.3 cm³/mol. The minimum Gasteiger partial charge on any atom is -0.410 e. The van der Waals surface area contributed by atoms with E-state index in [4.69, 9.17) is 10.5 Å². The normalized spacial score (nSPS) is 12.3. The van der Waals surface area contributed by atoms with Crippen LogP contribution in [0.5, 0.6) is 5.75 Å². The molecule has 3 nitrogen and oxygen atoms in total. The van der Waals surface area contributed by atoms with Gasteiger partial charge in [0.1, 0.15) is 5.75 Å². The van der Waals surface area contributed by atoms with Crippen LogP contribution < -0.4 is 10.5 Å². The van der Waals surface area contributed by atoms with Gasteiger partial charge in [0.25, 0.3) is 0 Å². The number of nitrogens with two attached hydrogens (primary N) is 1. The van der Waals surface area contributed by atoms with Gasteiger partial charge < -0.3 is 10.5 Å². The molecular weight excluding hydrogens is 250 g/mol. The summed E-state index contributed by atoms with van der Waals surface area (Å²) in [5.41, 5.74) is 7.50. The third-order valence-corrected chi connectivity index (χ3v) is 4.47. The van der Waals surface area contributed by atoms with Crippen molar-refractivity contribution in [3.8, 4) is 5.75 Å². The van der Waals surface area contributed by atoms with E-state index in [2.05, 4.69) is 47.6 Å². The molecule has 0 saturated heterocycles. The Morgan fingerprint density at radius 3 is 2.10 bits per heavy atom. The molecule has 0 bridgehead atoms. The molecule has 2 N–H and O–H groups in total. The molecule has 112 valence electrons. The second kappa shape index (κ2) is 5.86. The van der Waals surface area contributed by atoms with Crippen LogP contribution in [0.1, 0.15) is 65.5 Å². The molecule has 1 amide bonds. The lowest BCUT2D eigenvalue weighted by molar-refractivity contribution is 0.209. The topological polar surface area (TPSA) is 52.3 Å². The fourth-order valence-electron chi connectivity index (χ4n) is 2.07. The van der Waals surface area contributed by atoms with Crippen molar-refractivity contribution >= 4 is 6.09 Å². The Morgan fingerprint density at radius 1 is 1.10 bits per heavy atom. The Balaban J connectivity index is 3.40. The van der Waals surface area contributed by atoms with E-state index in [9.17, 15) is 4.79 Å². The van der Waals surface area contributed by atoms with Crippen LogP contribution in [0.2, 0.25) is 0 Å². The summed E-state index contributed by atoms with van der Waals surface area (Å²) in [5, 5.41) is 0. The maximum Gasteiger partial charge on any atom is 0.409 e. The van der Waals surface area contributed by atoms with Gasteiger partial charge in [0.15, 0.2) is 0 Å². The van der Waals surface area contributed by atoms with Crippen molar-refractivity contribution in [3.05, 3.63) is 29.3 Å². The maximum atomic E-state index is 11.1. The fraction of sp³-hybridized carbons (Fsp3) is 0.588. The molecular formula is C17H27NO2. The van der Waals surface area contributed by atoms with Crippen molar-refractivity contribution < 1.29 is 9.53 Å². The van der Waals surface area contributed by atoms with Gasteiger partial charge in [-0.25, -0.2) is 4.79 Å². The van der Waals surface area contributed by atoms with Crippen molar-refractivity contribution in [3.63, 3.8) is 0 Å². The van der Waals surface area contributed by atoms with Crippen LogP contribution in [-0.2, 0) is 10.8 Å². The molecule has 0 unspecified atom stereocenters. The molecule has 20 heavy (non-hydrogen) atoms. The van der Waals surface area contributed by atoms with Crippen molar-refractivity contribution in [1.29, 1.82) is 0 Å². The van der Waals surface area contributed by atoms with Gasteiger partial charge in [0.05, 0.1) is 0 Å². The molecule has 0 fully saturated rings. The second-order valence-electron chi connectivity index (χ2n) is 6.61. The maximum absolute atomic E-state index is 11.1. The molecule has 0 aliphatic rings. The van der Waals surface area contributed by atoms with Gasteiger partial charge in [-0.05, 0) is 35.3 Å². The fourth-order valence-corrected chi connectivity index (χ4v) is 2.07. The number of hydrogen-bond donors (Lipinski definition) is 1. The van der Waals surface area contributed by atoms with Gasteiger partial charge >= 0.3 is 6.09 Å². The summed E-state index contributed by atoms with van der Waals surface area (Å²) in [6, 6.07) is 6.05. The number of primary amides is 1. The van der Waals surface area contributed by atoms with Crippen LogP contribution in [-0.4, -0.2) is 6.09 Å². The van der Waals surface area contributed by atoms with E-state index >= 15 is 0 Å². The second-order valence-corrected chi connectivity index (χ2v) is 6.61. The van der Waals surface area contributed by atoms with Crippen LogP contribution >= 0.6 is 0 Å². The molecule has 0 spiro atoms. The molecule has 0 saturated carbocycles. The number of carbonyl (C=O) groups excluding carboxylic acids is 1. The monoisotopic (exact) mass is 277 g/mol. The molecule has 0 aliphatic carbocycles. The Morgan fingerprint density at radius 2 is 1.65 bits per heavy atom. The molecule has 0 aliphatic heterocycles. The average Bonchev–Trinajstić information content (AvgIpc) is 2.38. The molecule has 0 radical (unpaired) electrons. The number of ether oxygens (including phenoxy) is 1. The SMILES string of the molecule is CCC(C)(C)c1ccc(OC(N)=O)c(C(C)(C)CC)c1. The van der Waals surface area contributed by atoms with Crippen molar-refractivity contribution in [2.24, 2.45) is 5.73 Å². The minimum atomic E-state index is -0.763. The Hall–Kier alpha value is -1.51. The molecule has 1 aromatic carbocycles. The van der Waals surface area contributed by atoms with Gasteiger partial charge in [0, 0.05) is 5.56 Å². The van der Waals surface area contributed by atoms with Crippen molar-refractivity contribution in [2.45, 2.75) is 65.2 Å². The highest BCUT2D eigenvalue weighted by Gasteiger charge is 2.27. The van der Waals surface area contributed by atoms with E-state index in [1.807, 2.05) is 12.1 Å². The van der Waals surface area contributed by atoms with Gasteiger partial charge in [0.2, 0.25) is 0 Å². The van der Waals surface area contributed by atoms with Gasteiger partial charge in [-0.15, -0.1) is 0 Å². The largest absolute Gasteiger partial charge is 0.410 e. The van der Waals surface area contributed by atoms with Gasteiger partial charge in [-0.2, -0.15) is 0 Å². The van der Waals surface area contributed by atoms with Crippen LogP contribution in [0.25, 0.3) is 0 Å². The lowest BCUT2D eigenvalue weighted by atomic mass is 9.76. The van der Waals surface area contributed by atoms with E-state index in [1.54, 1.807) is 0 Å². The highest BCUT2D eigenvalue weighted by atomic mass is 16.5. The molecule has 0 aromatic heterocycles. The van der Waals surface area contributed by atoms with Gasteiger partial charge in [-0.1, -0.05) is 53.7 Å². The number of amides is 1. The van der Waals surface area contributed by atoms with E-state index in [0.29, 0.717) is 5.75 Å². The summed E-state index contributed by atoms with van der Waals surface area (Å²) >= 11 is 0. The molecule has 1 aromatic rings. The molecule has 0 heterocycles. The molecule has 0 atom stereocenters. The van der Waals surface area contributed by atoms with Gasteiger partial charge in [-0.3, -0.25) is 0 Å². The van der Waals surface area contributed by atoms with Crippen molar-refractivity contribution in [1.82, 2.24) is 0 Å². The third kappa shape index (κ3) is 3.53. The summed E-state index contributed by atoms with van der Waals surface area (Å²) in [6.45, 7) is 13.1.